The van der Waals surface area contributed by atoms with Gasteiger partial charge in [0.05, 0.1) is 13.0 Å². The highest BCUT2D eigenvalue weighted by atomic mass is 16.5. The molecule has 2 aliphatic rings. The first kappa shape index (κ1) is 11.9. The summed E-state index contributed by atoms with van der Waals surface area (Å²) in [5.74, 6) is 0.00644. The maximum absolute atomic E-state index is 11.3. The fourth-order valence-corrected chi connectivity index (χ4v) is 2.72. The van der Waals surface area contributed by atoms with E-state index >= 15 is 0 Å². The average molecular weight is 226 g/mol. The van der Waals surface area contributed by atoms with Crippen LogP contribution in [0.15, 0.2) is 0 Å². The third-order valence-electron chi connectivity index (χ3n) is 3.73. The number of nitrogens with one attached hydrogen (secondary N) is 1. The van der Waals surface area contributed by atoms with Gasteiger partial charge in [-0.3, -0.25) is 4.79 Å². The van der Waals surface area contributed by atoms with Gasteiger partial charge in [-0.15, -0.1) is 0 Å². The number of esters is 1. The topological polar surface area (TPSA) is 41.6 Å². The highest BCUT2D eigenvalue weighted by molar-refractivity contribution is 5.72. The molecule has 0 aromatic heterocycles. The Hall–Kier alpha value is -0.610. The summed E-state index contributed by atoms with van der Waals surface area (Å²) >= 11 is 0. The fraction of sp³-hybridized carbons (Fsp3) is 0.917. The van der Waals surface area contributed by atoms with E-state index in [-0.39, 0.29) is 11.9 Å². The number of methoxy groups -OCH3 is 1. The van der Waals surface area contributed by atoms with Crippen molar-refractivity contribution in [3.63, 3.8) is 0 Å². The van der Waals surface area contributed by atoms with E-state index in [2.05, 4.69) is 10.2 Å². The molecule has 0 unspecified atom stereocenters. The Morgan fingerprint density at radius 2 is 2.12 bits per heavy atom. The van der Waals surface area contributed by atoms with Crippen molar-refractivity contribution < 1.29 is 9.53 Å². The van der Waals surface area contributed by atoms with Crippen molar-refractivity contribution in [2.24, 2.45) is 5.92 Å². The number of likely N-dealkylation sites (tertiary alicyclic amines) is 1. The van der Waals surface area contributed by atoms with Crippen LogP contribution in [-0.2, 0) is 9.53 Å². The maximum atomic E-state index is 11.3. The predicted octanol–water partition coefficient (Wildman–Crippen LogP) is 0.623. The van der Waals surface area contributed by atoms with Gasteiger partial charge < -0.3 is 15.0 Å². The minimum absolute atomic E-state index is 0.0628. The predicted molar refractivity (Wildman–Crippen MR) is 62.2 cm³/mol. The first-order valence-electron chi connectivity index (χ1n) is 6.33. The molecule has 92 valence electrons. The molecule has 2 aliphatic heterocycles. The number of ether oxygens (including phenoxy) is 1. The summed E-state index contributed by atoms with van der Waals surface area (Å²) in [6, 6.07) is 0.569. The highest BCUT2D eigenvalue weighted by Gasteiger charge is 2.27. The Kier molecular flexibility index (Phi) is 4.18. The van der Waals surface area contributed by atoms with Crippen LogP contribution >= 0.6 is 0 Å². The van der Waals surface area contributed by atoms with Crippen molar-refractivity contribution in [1.82, 2.24) is 10.2 Å². The number of carbonyl (C=O) groups is 1. The van der Waals surface area contributed by atoms with Gasteiger partial charge in [-0.1, -0.05) is 0 Å². The minimum atomic E-state index is -0.0628. The van der Waals surface area contributed by atoms with Crippen LogP contribution in [0.25, 0.3) is 0 Å². The number of hydrogen-bond donors (Lipinski definition) is 1. The van der Waals surface area contributed by atoms with E-state index in [9.17, 15) is 4.79 Å². The van der Waals surface area contributed by atoms with Crippen LogP contribution in [-0.4, -0.2) is 50.2 Å². The van der Waals surface area contributed by atoms with Crippen molar-refractivity contribution in [2.45, 2.75) is 31.7 Å². The lowest BCUT2D eigenvalue weighted by molar-refractivity contribution is -0.146. The van der Waals surface area contributed by atoms with Gasteiger partial charge in [0.2, 0.25) is 0 Å². The molecular weight excluding hydrogens is 204 g/mol. The quantitative estimate of drug-likeness (QED) is 0.716. The summed E-state index contributed by atoms with van der Waals surface area (Å²) in [7, 11) is 1.47. The Bertz CT molecular complexity index is 231. The van der Waals surface area contributed by atoms with E-state index in [4.69, 9.17) is 4.74 Å². The SMILES string of the molecule is COC(=O)[C@H]1CC[C@@H](CN2CCCC2)NC1. The molecule has 4 heteroatoms. The van der Waals surface area contributed by atoms with Gasteiger partial charge >= 0.3 is 5.97 Å². The fourth-order valence-electron chi connectivity index (χ4n) is 2.72. The van der Waals surface area contributed by atoms with E-state index in [0.717, 1.165) is 25.9 Å². The molecule has 4 nitrogen and oxygen atoms in total. The van der Waals surface area contributed by atoms with Crippen LogP contribution in [0.3, 0.4) is 0 Å². The number of nitrogens with zero attached hydrogens (tertiary/aromatic N) is 1. The van der Waals surface area contributed by atoms with Crippen LogP contribution in [0.2, 0.25) is 0 Å². The third-order valence-corrected chi connectivity index (χ3v) is 3.73. The van der Waals surface area contributed by atoms with Gasteiger partial charge in [0, 0.05) is 19.1 Å². The number of hydrogen-bond acceptors (Lipinski definition) is 4. The smallest absolute Gasteiger partial charge is 0.309 e. The van der Waals surface area contributed by atoms with E-state index in [1.54, 1.807) is 0 Å². The van der Waals surface area contributed by atoms with Crippen molar-refractivity contribution >= 4 is 5.97 Å². The molecule has 0 radical (unpaired) electrons. The van der Waals surface area contributed by atoms with Crippen LogP contribution in [0.5, 0.6) is 0 Å². The van der Waals surface area contributed by atoms with Gasteiger partial charge in [0.1, 0.15) is 0 Å². The molecule has 1 N–H and O–H groups in total. The maximum Gasteiger partial charge on any atom is 0.309 e. The Morgan fingerprint density at radius 1 is 1.38 bits per heavy atom. The zero-order valence-electron chi connectivity index (χ0n) is 10.1. The Balaban J connectivity index is 1.70. The van der Waals surface area contributed by atoms with E-state index in [1.807, 2.05) is 0 Å². The number of piperidine rings is 1. The number of rotatable bonds is 3. The van der Waals surface area contributed by atoms with E-state index in [0.29, 0.717) is 6.04 Å². The average Bonchev–Trinajstić information content (AvgIpc) is 2.82. The van der Waals surface area contributed by atoms with Gasteiger partial charge in [-0.05, 0) is 38.8 Å². The molecule has 0 bridgehead atoms. The molecule has 0 saturated carbocycles. The van der Waals surface area contributed by atoms with Crippen molar-refractivity contribution in [3.05, 3.63) is 0 Å². The zero-order valence-corrected chi connectivity index (χ0v) is 10.1. The monoisotopic (exact) mass is 226 g/mol. The molecule has 16 heavy (non-hydrogen) atoms. The lowest BCUT2D eigenvalue weighted by Crippen LogP contribution is -2.47. The summed E-state index contributed by atoms with van der Waals surface area (Å²) in [4.78, 5) is 13.9. The second kappa shape index (κ2) is 5.64. The molecule has 0 amide bonds. The summed E-state index contributed by atoms with van der Waals surface area (Å²) in [5, 5.41) is 3.47. The van der Waals surface area contributed by atoms with Crippen LogP contribution in [0.1, 0.15) is 25.7 Å². The summed E-state index contributed by atoms with van der Waals surface area (Å²) in [6.45, 7) is 4.43. The largest absolute Gasteiger partial charge is 0.469 e. The van der Waals surface area contributed by atoms with Crippen molar-refractivity contribution in [1.29, 1.82) is 0 Å². The first-order valence-corrected chi connectivity index (χ1v) is 6.33. The summed E-state index contributed by atoms with van der Waals surface area (Å²) < 4.78 is 4.77. The third kappa shape index (κ3) is 2.95. The van der Waals surface area contributed by atoms with E-state index in [1.165, 1.54) is 33.0 Å². The summed E-state index contributed by atoms with van der Waals surface area (Å²) in [6.07, 6.45) is 4.75. The Morgan fingerprint density at radius 3 is 2.69 bits per heavy atom. The lowest BCUT2D eigenvalue weighted by Gasteiger charge is -2.31. The molecule has 2 rings (SSSR count). The van der Waals surface area contributed by atoms with Crippen LogP contribution < -0.4 is 5.32 Å². The van der Waals surface area contributed by atoms with Crippen LogP contribution in [0.4, 0.5) is 0 Å². The lowest BCUT2D eigenvalue weighted by atomic mass is 9.94. The molecule has 0 aromatic carbocycles. The summed E-state index contributed by atoms with van der Waals surface area (Å²) in [5.41, 5.74) is 0. The normalized spacial score (nSPS) is 31.6. The molecule has 2 saturated heterocycles. The first-order chi connectivity index (χ1) is 7.79. The molecule has 2 heterocycles. The molecule has 0 spiro atoms. The Labute approximate surface area is 97.3 Å². The minimum Gasteiger partial charge on any atom is -0.469 e. The standard InChI is InChI=1S/C12H22N2O2/c1-16-12(15)10-4-5-11(13-8-10)9-14-6-2-3-7-14/h10-11,13H,2-9H2,1H3/t10-,11-/m0/s1. The van der Waals surface area contributed by atoms with E-state index < -0.39 is 0 Å². The molecule has 0 aromatic rings. The van der Waals surface area contributed by atoms with Crippen LogP contribution in [0, 0.1) is 5.92 Å². The molecule has 2 fully saturated rings. The molecular formula is C12H22N2O2. The number of carbonyl (C=O) groups excluding carboxylic acids is 1. The molecule has 0 aliphatic carbocycles. The van der Waals surface area contributed by atoms with Gasteiger partial charge in [-0.2, -0.15) is 0 Å². The van der Waals surface area contributed by atoms with Crippen molar-refractivity contribution in [3.8, 4) is 0 Å². The van der Waals surface area contributed by atoms with Gasteiger partial charge in [0.15, 0.2) is 0 Å². The highest BCUT2D eigenvalue weighted by Crippen LogP contribution is 2.17. The zero-order chi connectivity index (χ0) is 11.4. The second-order valence-corrected chi connectivity index (χ2v) is 4.91. The van der Waals surface area contributed by atoms with Gasteiger partial charge in [-0.25, -0.2) is 0 Å². The van der Waals surface area contributed by atoms with Gasteiger partial charge in [0.25, 0.3) is 0 Å². The second-order valence-electron chi connectivity index (χ2n) is 4.91. The van der Waals surface area contributed by atoms with Crippen molar-refractivity contribution in [2.75, 3.05) is 33.3 Å². The molecule has 2 atom stereocenters.